The zero-order chi connectivity index (χ0) is 29.3. The van der Waals surface area contributed by atoms with E-state index in [4.69, 9.17) is 4.98 Å². The third-order valence-electron chi connectivity index (χ3n) is 8.63. The van der Waals surface area contributed by atoms with Crippen LogP contribution in [0, 0.1) is 0 Å². The fourth-order valence-electron chi connectivity index (χ4n) is 6.72. The van der Waals surface area contributed by atoms with Gasteiger partial charge in [-0.1, -0.05) is 115 Å². The molecule has 0 saturated carbocycles. The first-order valence-electron chi connectivity index (χ1n) is 14.9. The topological polar surface area (TPSA) is 30.7 Å². The van der Waals surface area contributed by atoms with Crippen LogP contribution in [0.3, 0.4) is 0 Å². The first-order chi connectivity index (χ1) is 21.8. The maximum atomic E-state index is 5.02. The normalized spacial score (nSPS) is 11.6. The predicted molar refractivity (Wildman–Crippen MR) is 180 cm³/mol. The molecule has 0 aliphatic rings. The van der Waals surface area contributed by atoms with Crippen LogP contribution in [-0.4, -0.2) is 14.5 Å². The van der Waals surface area contributed by atoms with Gasteiger partial charge < -0.3 is 4.57 Å². The van der Waals surface area contributed by atoms with Crippen molar-refractivity contribution in [2.24, 2.45) is 0 Å². The first kappa shape index (κ1) is 25.9. The second-order valence-electron chi connectivity index (χ2n) is 11.0. The van der Waals surface area contributed by atoms with Gasteiger partial charge in [0.15, 0.2) is 0 Å². The lowest BCUT2D eigenvalue weighted by atomic mass is 9.67. The van der Waals surface area contributed by atoms with E-state index < -0.39 is 5.41 Å². The molecule has 5 aromatic carbocycles. The summed E-state index contributed by atoms with van der Waals surface area (Å²) in [4.78, 5) is 9.64. The van der Waals surface area contributed by atoms with Crippen molar-refractivity contribution in [1.29, 1.82) is 0 Å². The zero-order valence-electron chi connectivity index (χ0n) is 24.1. The quantitative estimate of drug-likeness (QED) is 0.189. The number of aromatic nitrogens is 3. The van der Waals surface area contributed by atoms with Crippen LogP contribution in [0.15, 0.2) is 176 Å². The molecule has 0 aliphatic heterocycles. The van der Waals surface area contributed by atoms with Gasteiger partial charge in [0, 0.05) is 34.4 Å². The third-order valence-corrected chi connectivity index (χ3v) is 8.63. The summed E-state index contributed by atoms with van der Waals surface area (Å²) in [5, 5.41) is 2.43. The number of fused-ring (bicyclic) bond motifs is 3. The number of para-hydroxylation sites is 1. The monoisotopic (exact) mass is 563 g/mol. The number of pyridine rings is 2. The smallest absolute Gasteiger partial charge is 0.0874 e. The second-order valence-corrected chi connectivity index (χ2v) is 11.0. The molecule has 208 valence electrons. The Morgan fingerprint density at radius 1 is 0.432 bits per heavy atom. The van der Waals surface area contributed by atoms with Crippen LogP contribution in [-0.2, 0) is 5.41 Å². The van der Waals surface area contributed by atoms with Crippen molar-refractivity contribution in [3.63, 3.8) is 0 Å². The first-order valence-corrected chi connectivity index (χ1v) is 14.9. The summed E-state index contributed by atoms with van der Waals surface area (Å²) < 4.78 is 2.39. The lowest BCUT2D eigenvalue weighted by molar-refractivity contribution is 0.715. The van der Waals surface area contributed by atoms with Gasteiger partial charge in [0.2, 0.25) is 0 Å². The molecule has 0 N–H and O–H groups in total. The Labute approximate surface area is 256 Å². The highest BCUT2D eigenvalue weighted by Crippen LogP contribution is 2.46. The molecule has 3 aromatic heterocycles. The number of hydrogen-bond donors (Lipinski definition) is 0. The Bertz CT molecular complexity index is 2110. The molecule has 0 bridgehead atoms. The molecule has 0 radical (unpaired) electrons. The summed E-state index contributed by atoms with van der Waals surface area (Å²) in [6.45, 7) is 0. The minimum atomic E-state index is -0.630. The lowest BCUT2D eigenvalue weighted by Gasteiger charge is -2.35. The minimum Gasteiger partial charge on any atom is -0.309 e. The molecule has 3 nitrogen and oxygen atoms in total. The minimum absolute atomic E-state index is 0.630. The Morgan fingerprint density at radius 3 is 1.80 bits per heavy atom. The van der Waals surface area contributed by atoms with Crippen LogP contribution in [0.2, 0.25) is 0 Å². The van der Waals surface area contributed by atoms with E-state index in [0.29, 0.717) is 0 Å². The maximum Gasteiger partial charge on any atom is 0.0874 e. The van der Waals surface area contributed by atoms with E-state index >= 15 is 0 Å². The van der Waals surface area contributed by atoms with Crippen molar-refractivity contribution in [3.8, 4) is 16.9 Å². The molecule has 0 saturated heterocycles. The molecular weight excluding hydrogens is 534 g/mol. The van der Waals surface area contributed by atoms with Crippen molar-refractivity contribution >= 4 is 21.8 Å². The Morgan fingerprint density at radius 2 is 1.09 bits per heavy atom. The summed E-state index contributed by atoms with van der Waals surface area (Å²) in [6, 6.07) is 58.1. The van der Waals surface area contributed by atoms with Gasteiger partial charge in [0.1, 0.15) is 0 Å². The molecule has 8 rings (SSSR count). The van der Waals surface area contributed by atoms with Crippen LogP contribution < -0.4 is 0 Å². The van der Waals surface area contributed by atoms with Crippen LogP contribution in [0.1, 0.15) is 22.4 Å². The molecule has 44 heavy (non-hydrogen) atoms. The van der Waals surface area contributed by atoms with Crippen LogP contribution in [0.4, 0.5) is 0 Å². The lowest BCUT2D eigenvalue weighted by Crippen LogP contribution is -2.32. The van der Waals surface area contributed by atoms with Crippen LogP contribution in [0.5, 0.6) is 0 Å². The van der Waals surface area contributed by atoms with E-state index in [1.165, 1.54) is 27.4 Å². The number of nitrogens with zero attached hydrogens (tertiary/aromatic N) is 3. The van der Waals surface area contributed by atoms with E-state index in [1.54, 1.807) is 0 Å². The summed E-state index contributed by atoms with van der Waals surface area (Å²) in [5.41, 5.74) is 9.30. The number of hydrogen-bond acceptors (Lipinski definition) is 2. The average molecular weight is 564 g/mol. The molecule has 3 heteroatoms. The van der Waals surface area contributed by atoms with Crippen molar-refractivity contribution in [3.05, 3.63) is 199 Å². The average Bonchev–Trinajstić information content (AvgIpc) is 3.44. The van der Waals surface area contributed by atoms with Crippen LogP contribution >= 0.6 is 0 Å². The summed E-state index contributed by atoms with van der Waals surface area (Å²) in [6.07, 6.45) is 3.74. The van der Waals surface area contributed by atoms with Crippen LogP contribution in [0.25, 0.3) is 38.8 Å². The van der Waals surface area contributed by atoms with E-state index in [2.05, 4.69) is 155 Å². The molecule has 8 aromatic rings. The molecule has 0 atom stereocenters. The molecular formula is C41H29N3. The SMILES string of the molecule is c1ccc(C(c2ccccc2)(c2ccc3c4ccccc4n(-c4cccc(-c5ccccn5)c4)c3c2)c2ccccn2)cc1. The van der Waals surface area contributed by atoms with E-state index in [1.807, 2.05) is 30.6 Å². The molecule has 0 aliphatic carbocycles. The van der Waals surface area contributed by atoms with E-state index in [9.17, 15) is 0 Å². The summed E-state index contributed by atoms with van der Waals surface area (Å²) in [7, 11) is 0. The van der Waals surface area contributed by atoms with Crippen molar-refractivity contribution in [1.82, 2.24) is 14.5 Å². The fraction of sp³-hybridized carbons (Fsp3) is 0.0244. The summed E-state index contributed by atoms with van der Waals surface area (Å²) in [5.74, 6) is 0. The predicted octanol–water partition coefficient (Wildman–Crippen LogP) is 9.62. The van der Waals surface area contributed by atoms with Crippen molar-refractivity contribution in [2.45, 2.75) is 5.41 Å². The highest BCUT2D eigenvalue weighted by Gasteiger charge is 2.40. The van der Waals surface area contributed by atoms with Gasteiger partial charge in [-0.3, -0.25) is 9.97 Å². The van der Waals surface area contributed by atoms with Gasteiger partial charge in [-0.05, 0) is 65.2 Å². The zero-order valence-corrected chi connectivity index (χ0v) is 24.1. The van der Waals surface area contributed by atoms with Crippen molar-refractivity contribution in [2.75, 3.05) is 0 Å². The largest absolute Gasteiger partial charge is 0.309 e. The molecule has 0 amide bonds. The molecule has 0 unspecified atom stereocenters. The second kappa shape index (κ2) is 10.8. The maximum absolute atomic E-state index is 5.02. The van der Waals surface area contributed by atoms with Gasteiger partial charge in [-0.15, -0.1) is 0 Å². The fourth-order valence-corrected chi connectivity index (χ4v) is 6.72. The highest BCUT2D eigenvalue weighted by atomic mass is 15.0. The standard InChI is InChI=1S/C41H29N3/c1-3-15-31(16-4-1)41(32-17-5-2-6-18-32,40-23-10-12-27-43-40)33-24-25-36-35-20-7-8-22-38(35)44(39(36)29-33)34-19-13-14-30(28-34)37-21-9-11-26-42-37/h1-29H. The molecule has 0 spiro atoms. The molecule has 3 heterocycles. The van der Waals surface area contributed by atoms with E-state index in [0.717, 1.165) is 33.7 Å². The van der Waals surface area contributed by atoms with Gasteiger partial charge in [0.05, 0.1) is 27.8 Å². The third kappa shape index (κ3) is 4.13. The Kier molecular flexibility index (Phi) is 6.35. The highest BCUT2D eigenvalue weighted by molar-refractivity contribution is 6.09. The number of rotatable bonds is 6. The van der Waals surface area contributed by atoms with Gasteiger partial charge >= 0.3 is 0 Å². The van der Waals surface area contributed by atoms with Gasteiger partial charge in [-0.2, -0.15) is 0 Å². The van der Waals surface area contributed by atoms with Gasteiger partial charge in [0.25, 0.3) is 0 Å². The molecule has 0 fully saturated rings. The Hall–Kier alpha value is -5.80. The van der Waals surface area contributed by atoms with Crippen molar-refractivity contribution < 1.29 is 0 Å². The van der Waals surface area contributed by atoms with Gasteiger partial charge in [-0.25, -0.2) is 0 Å². The summed E-state index contributed by atoms with van der Waals surface area (Å²) >= 11 is 0. The Balaban J connectivity index is 1.46. The van der Waals surface area contributed by atoms with E-state index in [-0.39, 0.29) is 0 Å². The number of benzene rings is 5.